The molecule has 142 valence electrons. The molecular formula is C20H19N5O3. The SMILES string of the molecule is Cc1ccc(-c2nnn(CC(=O)N3CCc4ccccc4C3C(=O)O)n2)cc1. The average molecular weight is 377 g/mol. The summed E-state index contributed by atoms with van der Waals surface area (Å²) in [5.74, 6) is -0.978. The van der Waals surface area contributed by atoms with Crippen molar-refractivity contribution in [1.82, 2.24) is 25.1 Å². The van der Waals surface area contributed by atoms with Gasteiger partial charge in [-0.15, -0.1) is 10.2 Å². The lowest BCUT2D eigenvalue weighted by atomic mass is 9.92. The van der Waals surface area contributed by atoms with Crippen LogP contribution >= 0.6 is 0 Å². The van der Waals surface area contributed by atoms with Crippen molar-refractivity contribution in [3.63, 3.8) is 0 Å². The van der Waals surface area contributed by atoms with E-state index in [0.29, 0.717) is 24.4 Å². The van der Waals surface area contributed by atoms with E-state index in [1.165, 1.54) is 9.70 Å². The molecule has 3 aromatic rings. The van der Waals surface area contributed by atoms with E-state index in [4.69, 9.17) is 0 Å². The van der Waals surface area contributed by atoms with Gasteiger partial charge in [-0.3, -0.25) is 4.79 Å². The van der Waals surface area contributed by atoms with Crippen LogP contribution in [-0.2, 0) is 22.6 Å². The maximum atomic E-state index is 12.8. The number of aryl methyl sites for hydroxylation is 1. The number of carbonyl (C=O) groups is 2. The second-order valence-electron chi connectivity index (χ2n) is 6.79. The summed E-state index contributed by atoms with van der Waals surface area (Å²) < 4.78 is 0. The summed E-state index contributed by atoms with van der Waals surface area (Å²) >= 11 is 0. The number of tetrazole rings is 1. The van der Waals surface area contributed by atoms with Crippen LogP contribution in [0.2, 0.25) is 0 Å². The molecule has 4 rings (SSSR count). The zero-order valence-electron chi connectivity index (χ0n) is 15.3. The molecule has 0 fully saturated rings. The highest BCUT2D eigenvalue weighted by molar-refractivity contribution is 5.85. The van der Waals surface area contributed by atoms with Crippen LogP contribution in [0.5, 0.6) is 0 Å². The van der Waals surface area contributed by atoms with Gasteiger partial charge < -0.3 is 10.0 Å². The van der Waals surface area contributed by atoms with Gasteiger partial charge in [0, 0.05) is 12.1 Å². The Balaban J connectivity index is 1.54. The van der Waals surface area contributed by atoms with E-state index >= 15 is 0 Å². The Morgan fingerprint density at radius 3 is 2.64 bits per heavy atom. The highest BCUT2D eigenvalue weighted by Crippen LogP contribution is 2.30. The fourth-order valence-corrected chi connectivity index (χ4v) is 3.44. The molecule has 2 heterocycles. The van der Waals surface area contributed by atoms with Gasteiger partial charge in [-0.25, -0.2) is 4.79 Å². The fourth-order valence-electron chi connectivity index (χ4n) is 3.44. The van der Waals surface area contributed by atoms with Gasteiger partial charge in [0.2, 0.25) is 11.7 Å². The lowest BCUT2D eigenvalue weighted by Crippen LogP contribution is -2.45. The summed E-state index contributed by atoms with van der Waals surface area (Å²) in [4.78, 5) is 27.3. The summed E-state index contributed by atoms with van der Waals surface area (Å²) in [7, 11) is 0. The largest absolute Gasteiger partial charge is 0.479 e. The van der Waals surface area contributed by atoms with Crippen molar-refractivity contribution in [3.8, 4) is 11.4 Å². The average Bonchev–Trinajstić information content (AvgIpc) is 3.15. The molecule has 28 heavy (non-hydrogen) atoms. The Hall–Kier alpha value is -3.55. The number of hydrogen-bond donors (Lipinski definition) is 1. The van der Waals surface area contributed by atoms with E-state index in [1.807, 2.05) is 43.3 Å². The monoisotopic (exact) mass is 377 g/mol. The molecular weight excluding hydrogens is 358 g/mol. The third-order valence-corrected chi connectivity index (χ3v) is 4.88. The molecule has 1 amide bonds. The predicted octanol–water partition coefficient (Wildman–Crippen LogP) is 1.86. The molecule has 8 heteroatoms. The number of carboxylic acids is 1. The number of carboxylic acid groups (broad SMARTS) is 1. The maximum Gasteiger partial charge on any atom is 0.331 e. The lowest BCUT2D eigenvalue weighted by Gasteiger charge is -2.34. The molecule has 1 atom stereocenters. The number of aromatic nitrogens is 4. The van der Waals surface area contributed by atoms with E-state index in [9.17, 15) is 14.7 Å². The zero-order chi connectivity index (χ0) is 19.7. The second kappa shape index (κ2) is 7.22. The number of nitrogens with zero attached hydrogens (tertiary/aromatic N) is 5. The Labute approximate surface area is 161 Å². The third kappa shape index (κ3) is 3.36. The summed E-state index contributed by atoms with van der Waals surface area (Å²) in [5.41, 5.74) is 3.54. The molecule has 0 aliphatic carbocycles. The normalized spacial score (nSPS) is 15.9. The highest BCUT2D eigenvalue weighted by Gasteiger charge is 2.35. The number of amides is 1. The Kier molecular flexibility index (Phi) is 4.60. The van der Waals surface area contributed by atoms with Crippen molar-refractivity contribution < 1.29 is 14.7 Å². The molecule has 0 radical (unpaired) electrons. The van der Waals surface area contributed by atoms with Gasteiger partial charge in [-0.05, 0) is 29.7 Å². The molecule has 1 aliphatic heterocycles. The van der Waals surface area contributed by atoms with Crippen molar-refractivity contribution >= 4 is 11.9 Å². The van der Waals surface area contributed by atoms with Gasteiger partial charge in [0.1, 0.15) is 6.54 Å². The van der Waals surface area contributed by atoms with Gasteiger partial charge >= 0.3 is 5.97 Å². The first kappa shape index (κ1) is 17.8. The van der Waals surface area contributed by atoms with Crippen LogP contribution in [0.4, 0.5) is 0 Å². The number of aliphatic carboxylic acids is 1. The number of hydrogen-bond acceptors (Lipinski definition) is 5. The van der Waals surface area contributed by atoms with Crippen LogP contribution in [0, 0.1) is 6.92 Å². The standard InChI is InChI=1S/C20H19N5O3/c1-13-6-8-15(9-7-13)19-21-23-25(22-19)12-17(26)24-11-10-14-4-2-3-5-16(14)18(24)20(27)28/h2-9,18H,10-12H2,1H3,(H,27,28). The first-order valence-electron chi connectivity index (χ1n) is 8.98. The topological polar surface area (TPSA) is 101 Å². The zero-order valence-corrected chi connectivity index (χ0v) is 15.3. The maximum absolute atomic E-state index is 12.8. The van der Waals surface area contributed by atoms with Crippen LogP contribution in [0.3, 0.4) is 0 Å². The van der Waals surface area contributed by atoms with Crippen LogP contribution in [0.1, 0.15) is 22.7 Å². The van der Waals surface area contributed by atoms with E-state index < -0.39 is 12.0 Å². The molecule has 1 unspecified atom stereocenters. The number of rotatable bonds is 4. The summed E-state index contributed by atoms with van der Waals surface area (Å²) in [6.07, 6.45) is 0.616. The number of fused-ring (bicyclic) bond motifs is 1. The van der Waals surface area contributed by atoms with Gasteiger partial charge in [0.05, 0.1) is 0 Å². The Bertz CT molecular complexity index is 1030. The minimum Gasteiger partial charge on any atom is -0.479 e. The molecule has 1 aromatic heterocycles. The Morgan fingerprint density at radius 2 is 1.89 bits per heavy atom. The van der Waals surface area contributed by atoms with E-state index in [-0.39, 0.29) is 12.5 Å². The number of carbonyl (C=O) groups excluding carboxylic acids is 1. The smallest absolute Gasteiger partial charge is 0.331 e. The van der Waals surface area contributed by atoms with Crippen molar-refractivity contribution in [2.45, 2.75) is 25.9 Å². The summed E-state index contributed by atoms with van der Waals surface area (Å²) in [6, 6.07) is 14.0. The third-order valence-electron chi connectivity index (χ3n) is 4.88. The predicted molar refractivity (Wildman–Crippen MR) is 100 cm³/mol. The van der Waals surface area contributed by atoms with Gasteiger partial charge in [0.15, 0.2) is 6.04 Å². The molecule has 0 bridgehead atoms. The molecule has 0 saturated carbocycles. The van der Waals surface area contributed by atoms with Crippen LogP contribution < -0.4 is 0 Å². The Morgan fingerprint density at radius 1 is 1.14 bits per heavy atom. The summed E-state index contributed by atoms with van der Waals surface area (Å²) in [6.45, 7) is 2.17. The minimum atomic E-state index is -1.05. The summed E-state index contributed by atoms with van der Waals surface area (Å²) in [5, 5.41) is 21.9. The van der Waals surface area contributed by atoms with Crippen LogP contribution in [-0.4, -0.2) is 48.6 Å². The molecule has 0 spiro atoms. The van der Waals surface area contributed by atoms with E-state index in [0.717, 1.165) is 16.7 Å². The molecule has 1 N–H and O–H groups in total. The van der Waals surface area contributed by atoms with Crippen molar-refractivity contribution in [2.75, 3.05) is 6.54 Å². The van der Waals surface area contributed by atoms with Gasteiger partial charge in [0.25, 0.3) is 0 Å². The van der Waals surface area contributed by atoms with E-state index in [1.54, 1.807) is 12.1 Å². The van der Waals surface area contributed by atoms with Crippen molar-refractivity contribution in [3.05, 3.63) is 65.2 Å². The molecule has 0 saturated heterocycles. The second-order valence-corrected chi connectivity index (χ2v) is 6.79. The molecule has 2 aromatic carbocycles. The molecule has 8 nitrogen and oxygen atoms in total. The molecule has 1 aliphatic rings. The lowest BCUT2D eigenvalue weighted by molar-refractivity contribution is -0.151. The van der Waals surface area contributed by atoms with Gasteiger partial charge in [-0.1, -0.05) is 54.1 Å². The van der Waals surface area contributed by atoms with E-state index in [2.05, 4.69) is 15.4 Å². The van der Waals surface area contributed by atoms with Gasteiger partial charge in [-0.2, -0.15) is 4.80 Å². The number of benzene rings is 2. The van der Waals surface area contributed by atoms with Crippen LogP contribution in [0.25, 0.3) is 11.4 Å². The highest BCUT2D eigenvalue weighted by atomic mass is 16.4. The van der Waals surface area contributed by atoms with Crippen molar-refractivity contribution in [2.24, 2.45) is 0 Å². The van der Waals surface area contributed by atoms with Crippen molar-refractivity contribution in [1.29, 1.82) is 0 Å². The first-order valence-corrected chi connectivity index (χ1v) is 8.98. The quantitative estimate of drug-likeness (QED) is 0.745. The minimum absolute atomic E-state index is 0.162. The first-order chi connectivity index (χ1) is 13.5. The fraction of sp³-hybridized carbons (Fsp3) is 0.250. The van der Waals surface area contributed by atoms with Crippen LogP contribution in [0.15, 0.2) is 48.5 Å².